The summed E-state index contributed by atoms with van der Waals surface area (Å²) in [6, 6.07) is 8.04. The van der Waals surface area contributed by atoms with E-state index in [1.807, 2.05) is 36.9 Å². The third kappa shape index (κ3) is 16.8. The third-order valence-electron chi connectivity index (χ3n) is 7.61. The number of aromatic nitrogens is 4. The first kappa shape index (κ1) is 39.0. The number of nitrogens with one attached hydrogen (secondary N) is 8. The minimum absolute atomic E-state index is 0.646. The fourth-order valence-electron chi connectivity index (χ4n) is 5.04. The van der Waals surface area contributed by atoms with Gasteiger partial charge in [0.15, 0.2) is 0 Å². The molecule has 0 saturated heterocycles. The van der Waals surface area contributed by atoms with Gasteiger partial charge in [-0.05, 0) is 76.1 Å². The molecule has 4 aromatic rings. The Morgan fingerprint density at radius 3 is 0.960 bits per heavy atom. The van der Waals surface area contributed by atoms with Crippen LogP contribution in [0.25, 0.3) is 11.1 Å². The van der Waals surface area contributed by atoms with Gasteiger partial charge in [0.25, 0.3) is 0 Å². The molecule has 14 heteroatoms. The molecule has 4 heterocycles. The fraction of sp³-hybridized carbons (Fsp3) is 0.444. The van der Waals surface area contributed by atoms with Crippen LogP contribution in [-0.2, 0) is 0 Å². The van der Waals surface area contributed by atoms with Crippen molar-refractivity contribution in [3.05, 3.63) is 83.9 Å². The predicted molar refractivity (Wildman–Crippen MR) is 210 cm³/mol. The van der Waals surface area contributed by atoms with Crippen LogP contribution in [0.15, 0.2) is 73.8 Å². The SMILES string of the molecule is Clc1cncc(NCCCNCCNCCCNc2cncc(-c3cncc(NCCCNCCNCCCNc4cncc(Cl)c4)c3)c2)c1. The highest BCUT2D eigenvalue weighted by Gasteiger charge is 2.03. The number of pyridine rings is 4. The van der Waals surface area contributed by atoms with Gasteiger partial charge in [-0.1, -0.05) is 23.2 Å². The third-order valence-corrected chi connectivity index (χ3v) is 8.03. The summed E-state index contributed by atoms with van der Waals surface area (Å²) in [7, 11) is 0. The maximum atomic E-state index is 5.96. The average molecular weight is 724 g/mol. The van der Waals surface area contributed by atoms with Gasteiger partial charge in [0, 0.05) is 101 Å². The summed E-state index contributed by atoms with van der Waals surface area (Å²) in [5.41, 5.74) is 6.02. The number of hydrogen-bond acceptors (Lipinski definition) is 12. The standard InChI is InChI=1S/C36H52Cl2N12/c37-31-19-35(27-45-23-31)49-11-3-7-41-15-13-39-5-1-9-47-33-17-29(21-43-25-33)30-18-34(26-44-22-30)48-10-2-6-40-14-16-42-8-4-12-50-36-20-32(38)24-46-28-36/h17-28,39-42,47-50H,1-16H2. The van der Waals surface area contributed by atoms with Gasteiger partial charge in [0.1, 0.15) is 0 Å². The second-order valence-corrected chi connectivity index (χ2v) is 12.7. The molecule has 12 nitrogen and oxygen atoms in total. The van der Waals surface area contributed by atoms with Crippen molar-refractivity contribution < 1.29 is 0 Å². The minimum atomic E-state index is 0.646. The second kappa shape index (κ2) is 24.4. The molecule has 0 aliphatic heterocycles. The first-order chi connectivity index (χ1) is 24.7. The fourth-order valence-corrected chi connectivity index (χ4v) is 5.39. The van der Waals surface area contributed by atoms with Crippen molar-refractivity contribution in [2.75, 3.05) is 99.8 Å². The molecule has 8 N–H and O–H groups in total. The number of nitrogens with zero attached hydrogens (tertiary/aromatic N) is 4. The first-order valence-electron chi connectivity index (χ1n) is 17.6. The zero-order valence-electron chi connectivity index (χ0n) is 28.8. The van der Waals surface area contributed by atoms with Gasteiger partial charge in [0.05, 0.1) is 45.2 Å². The molecule has 270 valence electrons. The summed E-state index contributed by atoms with van der Waals surface area (Å²) in [6.07, 6.45) is 18.5. The predicted octanol–water partition coefficient (Wildman–Crippen LogP) is 5.21. The van der Waals surface area contributed by atoms with Gasteiger partial charge in [-0.25, -0.2) is 0 Å². The van der Waals surface area contributed by atoms with E-state index in [1.165, 1.54) is 0 Å². The van der Waals surface area contributed by atoms with Crippen LogP contribution in [0, 0.1) is 0 Å². The summed E-state index contributed by atoms with van der Waals surface area (Å²) >= 11 is 11.9. The summed E-state index contributed by atoms with van der Waals surface area (Å²) < 4.78 is 0. The van der Waals surface area contributed by atoms with Crippen LogP contribution < -0.4 is 42.5 Å². The van der Waals surface area contributed by atoms with Crippen molar-refractivity contribution in [1.82, 2.24) is 41.2 Å². The van der Waals surface area contributed by atoms with Gasteiger partial charge < -0.3 is 42.5 Å². The van der Waals surface area contributed by atoms with Crippen LogP contribution in [0.5, 0.6) is 0 Å². The maximum Gasteiger partial charge on any atom is 0.0609 e. The van der Waals surface area contributed by atoms with Crippen LogP contribution in [0.1, 0.15) is 25.7 Å². The van der Waals surface area contributed by atoms with E-state index in [1.54, 1.807) is 24.8 Å². The van der Waals surface area contributed by atoms with E-state index in [4.69, 9.17) is 23.2 Å². The van der Waals surface area contributed by atoms with Crippen LogP contribution in [0.4, 0.5) is 22.7 Å². The largest absolute Gasteiger partial charge is 0.384 e. The summed E-state index contributed by atoms with van der Waals surface area (Å²) in [6.45, 7) is 11.1. The monoisotopic (exact) mass is 722 g/mol. The molecule has 0 aromatic carbocycles. The Kier molecular flexibility index (Phi) is 19.0. The number of rotatable bonds is 27. The van der Waals surface area contributed by atoms with Crippen molar-refractivity contribution in [2.24, 2.45) is 0 Å². The van der Waals surface area contributed by atoms with Crippen molar-refractivity contribution in [2.45, 2.75) is 25.7 Å². The van der Waals surface area contributed by atoms with Crippen molar-refractivity contribution in [3.63, 3.8) is 0 Å². The lowest BCUT2D eigenvalue weighted by molar-refractivity contribution is 0.595. The van der Waals surface area contributed by atoms with Crippen molar-refractivity contribution >= 4 is 46.0 Å². The molecular formula is C36H52Cl2N12. The summed E-state index contributed by atoms with van der Waals surface area (Å²) in [5.74, 6) is 0. The maximum absolute atomic E-state index is 5.96. The number of hydrogen-bond donors (Lipinski definition) is 8. The van der Waals surface area contributed by atoms with E-state index < -0.39 is 0 Å². The number of halogens is 2. The lowest BCUT2D eigenvalue weighted by atomic mass is 10.1. The van der Waals surface area contributed by atoms with Gasteiger partial charge >= 0.3 is 0 Å². The van der Waals surface area contributed by atoms with Gasteiger partial charge in [-0.2, -0.15) is 0 Å². The van der Waals surface area contributed by atoms with Gasteiger partial charge in [0.2, 0.25) is 0 Å². The topological polar surface area (TPSA) is 148 Å². The van der Waals surface area contributed by atoms with E-state index >= 15 is 0 Å². The highest BCUT2D eigenvalue weighted by atomic mass is 35.5. The Hall–Kier alpha value is -3.78. The normalized spacial score (nSPS) is 11.0. The van der Waals surface area contributed by atoms with Gasteiger partial charge in [-0.15, -0.1) is 0 Å². The van der Waals surface area contributed by atoms with E-state index in [-0.39, 0.29) is 0 Å². The molecule has 0 radical (unpaired) electrons. The molecule has 50 heavy (non-hydrogen) atoms. The molecule has 0 saturated carbocycles. The molecule has 0 atom stereocenters. The molecule has 0 bridgehead atoms. The molecule has 4 rings (SSSR count). The van der Waals surface area contributed by atoms with Crippen molar-refractivity contribution in [3.8, 4) is 11.1 Å². The Balaban J connectivity index is 0.972. The quantitative estimate of drug-likeness (QED) is 0.0383. The Morgan fingerprint density at radius 2 is 0.640 bits per heavy atom. The first-order valence-corrected chi connectivity index (χ1v) is 18.3. The highest BCUT2D eigenvalue weighted by Crippen LogP contribution is 2.23. The molecule has 0 fully saturated rings. The zero-order valence-corrected chi connectivity index (χ0v) is 30.3. The second-order valence-electron chi connectivity index (χ2n) is 11.8. The summed E-state index contributed by atoms with van der Waals surface area (Å²) in [4.78, 5) is 17.1. The molecule has 0 unspecified atom stereocenters. The number of anilines is 4. The lowest BCUT2D eigenvalue weighted by Gasteiger charge is -2.11. The van der Waals surface area contributed by atoms with Crippen LogP contribution in [0.3, 0.4) is 0 Å². The molecule has 0 spiro atoms. The van der Waals surface area contributed by atoms with E-state index in [0.29, 0.717) is 10.0 Å². The van der Waals surface area contributed by atoms with Crippen molar-refractivity contribution in [1.29, 1.82) is 0 Å². The van der Waals surface area contributed by atoms with Crippen LogP contribution in [-0.4, -0.2) is 98.5 Å². The molecule has 0 aliphatic carbocycles. The smallest absolute Gasteiger partial charge is 0.0609 e. The lowest BCUT2D eigenvalue weighted by Crippen LogP contribution is -2.29. The van der Waals surface area contributed by atoms with E-state index in [2.05, 4.69) is 74.6 Å². The Morgan fingerprint density at radius 1 is 0.340 bits per heavy atom. The molecule has 4 aromatic heterocycles. The highest BCUT2D eigenvalue weighted by molar-refractivity contribution is 6.31. The van der Waals surface area contributed by atoms with Crippen LogP contribution in [0.2, 0.25) is 10.0 Å². The van der Waals surface area contributed by atoms with E-state index in [0.717, 1.165) is 138 Å². The van der Waals surface area contributed by atoms with Crippen LogP contribution >= 0.6 is 23.2 Å². The van der Waals surface area contributed by atoms with Gasteiger partial charge in [-0.3, -0.25) is 19.9 Å². The van der Waals surface area contributed by atoms with E-state index in [9.17, 15) is 0 Å². The zero-order chi connectivity index (χ0) is 34.9. The summed E-state index contributed by atoms with van der Waals surface area (Å²) in [5, 5.41) is 28.9. The Labute approximate surface area is 306 Å². The minimum Gasteiger partial charge on any atom is -0.384 e. The Bertz CT molecular complexity index is 1380. The molecule has 0 amide bonds. The molecular weight excluding hydrogens is 671 g/mol. The average Bonchev–Trinajstić information content (AvgIpc) is 3.13. The molecule has 0 aliphatic rings.